The number of hydrogen-bond acceptors (Lipinski definition) is 2. The van der Waals surface area contributed by atoms with E-state index in [2.05, 4.69) is 47.8 Å². The first-order valence-corrected chi connectivity index (χ1v) is 10.6. The topological polar surface area (TPSA) is 21.3 Å². The molecule has 3 aromatic rings. The fraction of sp³-hybridized carbons (Fsp3) is 0.200. The molecular weight excluding hydrogens is 401 g/mol. The van der Waals surface area contributed by atoms with Crippen LogP contribution in [0.15, 0.2) is 78.9 Å². The van der Waals surface area contributed by atoms with E-state index in [9.17, 15) is 0 Å². The van der Waals surface area contributed by atoms with Gasteiger partial charge >= 0.3 is 0 Å². The van der Waals surface area contributed by atoms with E-state index in [1.165, 1.54) is 11.1 Å². The maximum atomic E-state index is 6.54. The second-order valence-corrected chi connectivity index (χ2v) is 8.43. The first kappa shape index (κ1) is 18.6. The van der Waals surface area contributed by atoms with Crippen LogP contribution >= 0.6 is 23.2 Å². The summed E-state index contributed by atoms with van der Waals surface area (Å²) >= 11 is 12.8. The van der Waals surface area contributed by atoms with Crippen LogP contribution in [0.5, 0.6) is 5.75 Å². The Morgan fingerprint density at radius 2 is 1.72 bits per heavy atom. The highest BCUT2D eigenvalue weighted by molar-refractivity contribution is 6.43. The first-order valence-electron chi connectivity index (χ1n) is 9.88. The summed E-state index contributed by atoms with van der Waals surface area (Å²) in [7, 11) is 0. The molecule has 4 heteroatoms. The molecule has 0 fully saturated rings. The molecule has 2 aliphatic rings. The molecule has 146 valence electrons. The number of rotatable bonds is 4. The highest BCUT2D eigenvalue weighted by Gasteiger charge is 2.38. The summed E-state index contributed by atoms with van der Waals surface area (Å²) in [5.74, 6) is 1.70. The zero-order valence-corrected chi connectivity index (χ0v) is 17.3. The predicted octanol–water partition coefficient (Wildman–Crippen LogP) is 7.40. The Morgan fingerprint density at radius 1 is 0.931 bits per heavy atom. The normalized spacial score (nSPS) is 21.9. The third-order valence-electron chi connectivity index (χ3n) is 5.91. The summed E-state index contributed by atoms with van der Waals surface area (Å²) < 4.78 is 5.94. The fourth-order valence-electron chi connectivity index (χ4n) is 4.44. The molecular formula is C25H21Cl2NO. The SMILES string of the molecule is Clc1ccc2c(c1Cl)N[C@@H](c1ccc(OCc3ccccc3)cc1)[C@H]1CC=C[C@@H]21. The highest BCUT2D eigenvalue weighted by Crippen LogP contribution is 2.52. The Kier molecular flexibility index (Phi) is 4.99. The van der Waals surface area contributed by atoms with Gasteiger partial charge in [0.25, 0.3) is 0 Å². The Balaban J connectivity index is 1.38. The van der Waals surface area contributed by atoms with Gasteiger partial charge in [-0.1, -0.05) is 83.9 Å². The molecule has 0 unspecified atom stereocenters. The largest absolute Gasteiger partial charge is 0.489 e. The standard InChI is InChI=1S/C25H21Cl2NO/c26-22-14-13-21-19-7-4-8-20(19)24(28-25(21)23(22)27)17-9-11-18(12-10-17)29-15-16-5-2-1-3-6-16/h1-7,9-14,19-20,24,28H,8,15H2/t19-,20+,24+/m1/s1. The molecule has 0 saturated carbocycles. The van der Waals surface area contributed by atoms with Crippen molar-refractivity contribution in [3.8, 4) is 5.75 Å². The lowest BCUT2D eigenvalue weighted by molar-refractivity contribution is 0.306. The summed E-state index contributed by atoms with van der Waals surface area (Å²) in [6, 6.07) is 22.8. The van der Waals surface area contributed by atoms with Crippen molar-refractivity contribution in [1.82, 2.24) is 0 Å². The van der Waals surface area contributed by atoms with Crippen LogP contribution in [-0.2, 0) is 6.61 Å². The number of anilines is 1. The molecule has 1 N–H and O–H groups in total. The molecule has 2 nitrogen and oxygen atoms in total. The van der Waals surface area contributed by atoms with Crippen molar-refractivity contribution in [2.24, 2.45) is 5.92 Å². The summed E-state index contributed by atoms with van der Waals surface area (Å²) in [6.07, 6.45) is 5.63. The van der Waals surface area contributed by atoms with Gasteiger partial charge in [0.05, 0.1) is 21.8 Å². The molecule has 0 radical (unpaired) electrons. The minimum Gasteiger partial charge on any atom is -0.489 e. The number of fused-ring (bicyclic) bond motifs is 3. The van der Waals surface area contributed by atoms with Crippen LogP contribution in [-0.4, -0.2) is 0 Å². The van der Waals surface area contributed by atoms with E-state index < -0.39 is 0 Å². The molecule has 1 heterocycles. The van der Waals surface area contributed by atoms with Crippen molar-refractivity contribution in [2.75, 3.05) is 5.32 Å². The van der Waals surface area contributed by atoms with Gasteiger partial charge in [0, 0.05) is 5.92 Å². The van der Waals surface area contributed by atoms with Gasteiger partial charge in [-0.05, 0) is 47.2 Å². The maximum Gasteiger partial charge on any atom is 0.119 e. The Hall–Kier alpha value is -2.42. The van der Waals surface area contributed by atoms with Gasteiger partial charge in [-0.15, -0.1) is 0 Å². The quantitative estimate of drug-likeness (QED) is 0.443. The summed E-state index contributed by atoms with van der Waals surface area (Å²) in [5.41, 5.74) is 4.59. The number of halogens is 2. The summed E-state index contributed by atoms with van der Waals surface area (Å²) in [6.45, 7) is 0.567. The van der Waals surface area contributed by atoms with Crippen LogP contribution in [0.2, 0.25) is 10.0 Å². The fourth-order valence-corrected chi connectivity index (χ4v) is 4.83. The van der Waals surface area contributed by atoms with Crippen LogP contribution in [0.25, 0.3) is 0 Å². The molecule has 0 spiro atoms. The number of allylic oxidation sites excluding steroid dienone is 2. The van der Waals surface area contributed by atoms with Crippen LogP contribution in [0, 0.1) is 5.92 Å². The van der Waals surface area contributed by atoms with Crippen molar-refractivity contribution in [3.05, 3.63) is 106 Å². The average Bonchev–Trinajstić information content (AvgIpc) is 3.26. The molecule has 0 amide bonds. The van der Waals surface area contributed by atoms with Crippen molar-refractivity contribution in [1.29, 1.82) is 0 Å². The second kappa shape index (κ2) is 7.78. The molecule has 1 aliphatic heterocycles. The molecule has 1 aliphatic carbocycles. The predicted molar refractivity (Wildman–Crippen MR) is 120 cm³/mol. The van der Waals surface area contributed by atoms with Crippen molar-refractivity contribution < 1.29 is 4.74 Å². The van der Waals surface area contributed by atoms with Gasteiger partial charge in [0.2, 0.25) is 0 Å². The van der Waals surface area contributed by atoms with Gasteiger partial charge in [-0.25, -0.2) is 0 Å². The van der Waals surface area contributed by atoms with E-state index in [1.807, 2.05) is 36.4 Å². The van der Waals surface area contributed by atoms with Crippen LogP contribution in [0.1, 0.15) is 35.1 Å². The zero-order chi connectivity index (χ0) is 19.8. The monoisotopic (exact) mass is 421 g/mol. The molecule has 3 atom stereocenters. The molecule has 29 heavy (non-hydrogen) atoms. The molecule has 5 rings (SSSR count). The van der Waals surface area contributed by atoms with Crippen molar-refractivity contribution in [3.63, 3.8) is 0 Å². The lowest BCUT2D eigenvalue weighted by Gasteiger charge is -2.38. The zero-order valence-electron chi connectivity index (χ0n) is 15.8. The van der Waals surface area contributed by atoms with Crippen molar-refractivity contribution in [2.45, 2.75) is 25.0 Å². The lowest BCUT2D eigenvalue weighted by Crippen LogP contribution is -2.29. The smallest absolute Gasteiger partial charge is 0.119 e. The highest BCUT2D eigenvalue weighted by atomic mass is 35.5. The third-order valence-corrected chi connectivity index (χ3v) is 6.72. The third kappa shape index (κ3) is 3.52. The molecule has 3 aromatic carbocycles. The van der Waals surface area contributed by atoms with Crippen LogP contribution in [0.4, 0.5) is 5.69 Å². The molecule has 0 aromatic heterocycles. The van der Waals surface area contributed by atoms with Gasteiger partial charge in [0.15, 0.2) is 0 Å². The number of benzene rings is 3. The summed E-state index contributed by atoms with van der Waals surface area (Å²) in [5, 5.41) is 4.87. The Bertz CT molecular complexity index is 1050. The van der Waals surface area contributed by atoms with Gasteiger partial charge in [-0.3, -0.25) is 0 Å². The Labute approximate surface area is 181 Å². The van der Waals surface area contributed by atoms with Crippen molar-refractivity contribution >= 4 is 28.9 Å². The van der Waals surface area contributed by atoms with E-state index in [0.29, 0.717) is 28.5 Å². The summed E-state index contributed by atoms with van der Waals surface area (Å²) in [4.78, 5) is 0. The minimum atomic E-state index is 0.182. The Morgan fingerprint density at radius 3 is 2.52 bits per heavy atom. The second-order valence-electron chi connectivity index (χ2n) is 7.64. The lowest BCUT2D eigenvalue weighted by atomic mass is 9.77. The molecule has 0 saturated heterocycles. The number of hydrogen-bond donors (Lipinski definition) is 1. The van der Waals surface area contributed by atoms with E-state index in [-0.39, 0.29) is 6.04 Å². The number of nitrogens with one attached hydrogen (secondary N) is 1. The van der Waals surface area contributed by atoms with Gasteiger partial charge in [0.1, 0.15) is 12.4 Å². The number of ether oxygens (including phenoxy) is 1. The van der Waals surface area contributed by atoms with E-state index >= 15 is 0 Å². The maximum absolute atomic E-state index is 6.54. The van der Waals surface area contributed by atoms with Gasteiger partial charge in [-0.2, -0.15) is 0 Å². The van der Waals surface area contributed by atoms with Gasteiger partial charge < -0.3 is 10.1 Å². The van der Waals surface area contributed by atoms with E-state index in [1.54, 1.807) is 0 Å². The molecule has 0 bridgehead atoms. The average molecular weight is 422 g/mol. The van der Waals surface area contributed by atoms with E-state index in [4.69, 9.17) is 27.9 Å². The minimum absolute atomic E-state index is 0.182. The van der Waals surface area contributed by atoms with Crippen LogP contribution < -0.4 is 10.1 Å². The van der Waals surface area contributed by atoms with Crippen LogP contribution in [0.3, 0.4) is 0 Å². The van der Waals surface area contributed by atoms with E-state index in [0.717, 1.165) is 23.4 Å². The first-order chi connectivity index (χ1) is 14.2.